The van der Waals surface area contributed by atoms with E-state index in [1.807, 2.05) is 0 Å². The number of hydrogen-bond acceptors (Lipinski definition) is 7. The molecule has 0 aliphatic carbocycles. The minimum absolute atomic E-state index is 0.0497. The molecule has 1 N–H and O–H groups in total. The van der Waals surface area contributed by atoms with Crippen molar-refractivity contribution in [3.63, 3.8) is 0 Å². The minimum Gasteiger partial charge on any atom is -0.383 e. The first-order valence-corrected chi connectivity index (χ1v) is 9.64. The number of nitro benzene ring substituents is 1. The molecule has 0 aromatic heterocycles. The second-order valence-electron chi connectivity index (χ2n) is 6.04. The van der Waals surface area contributed by atoms with Gasteiger partial charge in [-0.1, -0.05) is 0 Å². The number of sulfone groups is 1. The van der Waals surface area contributed by atoms with Crippen molar-refractivity contribution in [2.24, 2.45) is 5.92 Å². The fourth-order valence-corrected chi connectivity index (χ4v) is 3.44. The van der Waals surface area contributed by atoms with Crippen LogP contribution in [-0.4, -0.2) is 64.4 Å². The number of benzene rings is 1. The number of likely N-dealkylation sites (tertiary alicyclic amines) is 1. The third kappa shape index (κ3) is 4.89. The summed E-state index contributed by atoms with van der Waals surface area (Å²) < 4.78 is 28.2. The lowest BCUT2D eigenvalue weighted by atomic mass is 10.1. The number of anilines is 1. The van der Waals surface area contributed by atoms with Gasteiger partial charge in [-0.25, -0.2) is 8.42 Å². The molecule has 0 bridgehead atoms. The smallest absolute Gasteiger partial charge is 0.293 e. The maximum Gasteiger partial charge on any atom is 0.293 e. The Balaban J connectivity index is 2.01. The molecule has 24 heavy (non-hydrogen) atoms. The van der Waals surface area contributed by atoms with E-state index in [0.717, 1.165) is 38.4 Å². The van der Waals surface area contributed by atoms with Gasteiger partial charge >= 0.3 is 0 Å². The van der Waals surface area contributed by atoms with Crippen molar-refractivity contribution >= 4 is 21.2 Å². The minimum atomic E-state index is -3.47. The Labute approximate surface area is 141 Å². The van der Waals surface area contributed by atoms with Crippen molar-refractivity contribution in [1.29, 1.82) is 0 Å². The SMILES string of the molecule is COCCN1CC[C@@H](CNc2ccc(S(C)(=O)=O)cc2[N+](=O)[O-])C1. The lowest BCUT2D eigenvalue weighted by Crippen LogP contribution is -2.26. The quantitative estimate of drug-likeness (QED) is 0.554. The molecule has 0 amide bonds. The molecule has 2 rings (SSSR count). The van der Waals surface area contributed by atoms with Crippen LogP contribution in [-0.2, 0) is 14.6 Å². The van der Waals surface area contributed by atoms with Crippen LogP contribution in [0.25, 0.3) is 0 Å². The van der Waals surface area contributed by atoms with E-state index in [0.29, 0.717) is 24.8 Å². The van der Waals surface area contributed by atoms with Gasteiger partial charge in [0, 0.05) is 39.1 Å². The lowest BCUT2D eigenvalue weighted by Gasteiger charge is -2.16. The predicted molar refractivity (Wildman–Crippen MR) is 91.1 cm³/mol. The number of methoxy groups -OCH3 is 1. The highest BCUT2D eigenvalue weighted by molar-refractivity contribution is 7.90. The molecule has 9 heteroatoms. The van der Waals surface area contributed by atoms with E-state index in [4.69, 9.17) is 4.74 Å². The number of nitrogens with one attached hydrogen (secondary N) is 1. The second-order valence-corrected chi connectivity index (χ2v) is 8.05. The summed E-state index contributed by atoms with van der Waals surface area (Å²) in [6, 6.07) is 3.97. The van der Waals surface area contributed by atoms with Crippen LogP contribution in [0.1, 0.15) is 6.42 Å². The fraction of sp³-hybridized carbons (Fsp3) is 0.600. The summed E-state index contributed by atoms with van der Waals surface area (Å²) in [7, 11) is -1.80. The highest BCUT2D eigenvalue weighted by atomic mass is 32.2. The monoisotopic (exact) mass is 357 g/mol. The molecule has 1 atom stereocenters. The van der Waals surface area contributed by atoms with Crippen molar-refractivity contribution in [3.05, 3.63) is 28.3 Å². The third-order valence-electron chi connectivity index (χ3n) is 4.16. The van der Waals surface area contributed by atoms with Crippen LogP contribution in [0.15, 0.2) is 23.1 Å². The molecule has 0 radical (unpaired) electrons. The Morgan fingerprint density at radius 3 is 2.83 bits per heavy atom. The van der Waals surface area contributed by atoms with Gasteiger partial charge in [-0.15, -0.1) is 0 Å². The molecule has 0 spiro atoms. The molecule has 0 saturated carbocycles. The van der Waals surface area contributed by atoms with E-state index in [-0.39, 0.29) is 10.6 Å². The number of ether oxygens (including phenoxy) is 1. The van der Waals surface area contributed by atoms with E-state index in [2.05, 4.69) is 10.2 Å². The van der Waals surface area contributed by atoms with Gasteiger partial charge in [-0.2, -0.15) is 0 Å². The molecule has 1 heterocycles. The van der Waals surface area contributed by atoms with Crippen molar-refractivity contribution in [2.75, 3.05) is 51.5 Å². The topological polar surface area (TPSA) is 102 Å². The van der Waals surface area contributed by atoms with Crippen LogP contribution in [0.4, 0.5) is 11.4 Å². The maximum absolute atomic E-state index is 11.5. The van der Waals surface area contributed by atoms with Crippen LogP contribution < -0.4 is 5.32 Å². The lowest BCUT2D eigenvalue weighted by molar-refractivity contribution is -0.384. The van der Waals surface area contributed by atoms with Gasteiger partial charge in [-0.3, -0.25) is 10.1 Å². The van der Waals surface area contributed by atoms with Gasteiger partial charge in [-0.05, 0) is 31.0 Å². The summed E-state index contributed by atoms with van der Waals surface area (Å²) >= 11 is 0. The van der Waals surface area contributed by atoms with Gasteiger partial charge in [0.05, 0.1) is 16.4 Å². The van der Waals surface area contributed by atoms with E-state index in [1.54, 1.807) is 7.11 Å². The molecule has 1 aromatic rings. The normalized spacial score (nSPS) is 18.7. The third-order valence-corrected chi connectivity index (χ3v) is 5.27. The van der Waals surface area contributed by atoms with Crippen LogP contribution in [0, 0.1) is 16.0 Å². The highest BCUT2D eigenvalue weighted by Gasteiger charge is 2.24. The zero-order valence-corrected chi connectivity index (χ0v) is 14.7. The Morgan fingerprint density at radius 1 is 1.46 bits per heavy atom. The van der Waals surface area contributed by atoms with Gasteiger partial charge in [0.25, 0.3) is 5.69 Å². The number of rotatable bonds is 8. The van der Waals surface area contributed by atoms with Gasteiger partial charge < -0.3 is 15.0 Å². The molecule has 1 aliphatic heterocycles. The number of nitro groups is 1. The summed E-state index contributed by atoms with van der Waals surface area (Å²) in [5.74, 6) is 0.399. The zero-order valence-electron chi connectivity index (χ0n) is 13.9. The van der Waals surface area contributed by atoms with Crippen molar-refractivity contribution in [3.8, 4) is 0 Å². The van der Waals surface area contributed by atoms with Crippen molar-refractivity contribution in [1.82, 2.24) is 4.90 Å². The van der Waals surface area contributed by atoms with Crippen LogP contribution in [0.2, 0.25) is 0 Å². The molecular weight excluding hydrogens is 334 g/mol. The number of hydrogen-bond donors (Lipinski definition) is 1. The van der Waals surface area contributed by atoms with Gasteiger partial charge in [0.2, 0.25) is 0 Å². The summed E-state index contributed by atoms with van der Waals surface area (Å²) in [5.41, 5.74) is 0.134. The van der Waals surface area contributed by atoms with Crippen LogP contribution >= 0.6 is 0 Å². The highest BCUT2D eigenvalue weighted by Crippen LogP contribution is 2.28. The average Bonchev–Trinajstić information content (AvgIpc) is 2.97. The van der Waals surface area contributed by atoms with Crippen molar-refractivity contribution < 1.29 is 18.1 Å². The van der Waals surface area contributed by atoms with Gasteiger partial charge in [0.1, 0.15) is 5.69 Å². The first kappa shape index (κ1) is 18.6. The molecule has 1 aromatic carbocycles. The Kier molecular flexibility index (Phi) is 6.14. The first-order chi connectivity index (χ1) is 11.3. The van der Waals surface area contributed by atoms with E-state index < -0.39 is 14.8 Å². The van der Waals surface area contributed by atoms with Crippen LogP contribution in [0.3, 0.4) is 0 Å². The van der Waals surface area contributed by atoms with E-state index in [9.17, 15) is 18.5 Å². The maximum atomic E-state index is 11.5. The van der Waals surface area contributed by atoms with E-state index >= 15 is 0 Å². The molecule has 0 unspecified atom stereocenters. The second kappa shape index (κ2) is 7.91. The molecule has 134 valence electrons. The molecule has 8 nitrogen and oxygen atoms in total. The summed E-state index contributed by atoms with van der Waals surface area (Å²) in [5, 5.41) is 14.3. The average molecular weight is 357 g/mol. The largest absolute Gasteiger partial charge is 0.383 e. The first-order valence-electron chi connectivity index (χ1n) is 7.75. The van der Waals surface area contributed by atoms with Gasteiger partial charge in [0.15, 0.2) is 9.84 Å². The number of nitrogens with zero attached hydrogens (tertiary/aromatic N) is 2. The molecule has 1 saturated heterocycles. The van der Waals surface area contributed by atoms with E-state index in [1.165, 1.54) is 12.1 Å². The summed E-state index contributed by atoms with van der Waals surface area (Å²) in [6.45, 7) is 4.10. The van der Waals surface area contributed by atoms with Crippen LogP contribution in [0.5, 0.6) is 0 Å². The molecular formula is C15H23N3O5S. The fourth-order valence-electron chi connectivity index (χ4n) is 2.80. The molecule has 1 fully saturated rings. The Bertz CT molecular complexity index is 692. The van der Waals surface area contributed by atoms with Crippen molar-refractivity contribution in [2.45, 2.75) is 11.3 Å². The predicted octanol–water partition coefficient (Wildman–Crippen LogP) is 1.38. The summed E-state index contributed by atoms with van der Waals surface area (Å²) in [4.78, 5) is 12.9. The summed E-state index contributed by atoms with van der Waals surface area (Å²) in [6.07, 6.45) is 2.05. The zero-order chi connectivity index (χ0) is 17.7. The molecule has 1 aliphatic rings. The Morgan fingerprint density at radius 2 is 2.21 bits per heavy atom. The standard InChI is InChI=1S/C15H23N3O5S/c1-23-8-7-17-6-5-12(11-17)10-16-14-4-3-13(24(2,21)22)9-15(14)18(19)20/h3-4,9,12,16H,5-8,10-11H2,1-2H3/t12-/m0/s1. The Hall–Kier alpha value is -1.71.